The summed E-state index contributed by atoms with van der Waals surface area (Å²) >= 11 is 12.3. The summed E-state index contributed by atoms with van der Waals surface area (Å²) in [6.45, 7) is 6.30. The van der Waals surface area contributed by atoms with Gasteiger partial charge < -0.3 is 4.90 Å². The van der Waals surface area contributed by atoms with E-state index in [-0.39, 0.29) is 26.8 Å². The van der Waals surface area contributed by atoms with E-state index in [9.17, 15) is 14.4 Å². The summed E-state index contributed by atoms with van der Waals surface area (Å²) < 4.78 is 0. The third kappa shape index (κ3) is 3.59. The number of fused-ring (bicyclic) bond motifs is 1. The van der Waals surface area contributed by atoms with Gasteiger partial charge in [0.05, 0.1) is 21.3 Å². The third-order valence-electron chi connectivity index (χ3n) is 5.83. The molecular formula is C24H21Cl2N3O3. The highest BCUT2D eigenvalue weighted by Gasteiger charge is 2.38. The fourth-order valence-corrected chi connectivity index (χ4v) is 4.35. The van der Waals surface area contributed by atoms with Gasteiger partial charge >= 0.3 is 6.03 Å². The van der Waals surface area contributed by atoms with Gasteiger partial charge in [0.1, 0.15) is 5.57 Å². The van der Waals surface area contributed by atoms with Crippen LogP contribution in [0, 0.1) is 0 Å². The van der Waals surface area contributed by atoms with Gasteiger partial charge in [-0.15, -0.1) is 0 Å². The first kappa shape index (κ1) is 22.1. The Bertz CT molecular complexity index is 1250. The molecule has 8 heteroatoms. The molecule has 0 spiro atoms. The standard InChI is InChI=1S/C24H21Cl2N3O3/c1-13-12-24(2,3)28(4)18-9-8-14(10-15(13)18)11-16-21(30)27-23(32)29(22(16)31)19-7-5-6-17(25)20(19)26/h5-12H,1-4H3,(H,27,30,32)/b16-11+. The minimum absolute atomic E-state index is 0.0477. The number of imide groups is 2. The van der Waals surface area contributed by atoms with Gasteiger partial charge in [0.15, 0.2) is 0 Å². The number of barbiturate groups is 1. The normalized spacial score (nSPS) is 19.1. The smallest absolute Gasteiger partial charge is 0.336 e. The Balaban J connectivity index is 1.76. The van der Waals surface area contributed by atoms with Crippen molar-refractivity contribution in [2.24, 2.45) is 0 Å². The molecule has 4 rings (SSSR count). The van der Waals surface area contributed by atoms with Crippen LogP contribution in [-0.4, -0.2) is 30.4 Å². The zero-order valence-corrected chi connectivity index (χ0v) is 19.5. The molecule has 1 saturated heterocycles. The van der Waals surface area contributed by atoms with Crippen molar-refractivity contribution < 1.29 is 14.4 Å². The molecule has 0 aliphatic carbocycles. The second-order valence-electron chi connectivity index (χ2n) is 8.35. The van der Waals surface area contributed by atoms with E-state index in [1.807, 2.05) is 32.2 Å². The van der Waals surface area contributed by atoms with Crippen molar-refractivity contribution in [3.63, 3.8) is 0 Å². The molecule has 0 bridgehead atoms. The average molecular weight is 470 g/mol. The van der Waals surface area contributed by atoms with Crippen LogP contribution < -0.4 is 15.1 Å². The number of carbonyl (C=O) groups is 3. The van der Waals surface area contributed by atoms with Crippen molar-refractivity contribution >= 4 is 64.1 Å². The highest BCUT2D eigenvalue weighted by Crippen LogP contribution is 2.39. The number of nitrogens with one attached hydrogen (secondary N) is 1. The summed E-state index contributed by atoms with van der Waals surface area (Å²) in [5.41, 5.74) is 3.63. The molecule has 2 heterocycles. The molecule has 0 radical (unpaired) electrons. The molecule has 2 aliphatic heterocycles. The monoisotopic (exact) mass is 469 g/mol. The van der Waals surface area contributed by atoms with E-state index in [1.54, 1.807) is 12.1 Å². The first-order valence-corrected chi connectivity index (χ1v) is 10.7. The van der Waals surface area contributed by atoms with E-state index < -0.39 is 17.8 Å². The Hall–Kier alpha value is -3.09. The second-order valence-corrected chi connectivity index (χ2v) is 9.13. The Labute approximate surface area is 196 Å². The van der Waals surface area contributed by atoms with Crippen molar-refractivity contribution in [2.45, 2.75) is 26.3 Å². The maximum atomic E-state index is 13.2. The number of allylic oxidation sites excluding steroid dienone is 1. The van der Waals surface area contributed by atoms with E-state index in [1.165, 1.54) is 12.1 Å². The summed E-state index contributed by atoms with van der Waals surface area (Å²) in [7, 11) is 2.02. The topological polar surface area (TPSA) is 69.7 Å². The fraction of sp³-hybridized carbons (Fsp3) is 0.208. The Kier molecular flexibility index (Phi) is 5.39. The maximum absolute atomic E-state index is 13.2. The molecule has 0 atom stereocenters. The summed E-state index contributed by atoms with van der Waals surface area (Å²) in [5.74, 6) is -1.54. The molecule has 2 aliphatic rings. The fourth-order valence-electron chi connectivity index (χ4n) is 3.97. The van der Waals surface area contributed by atoms with Gasteiger partial charge in [0, 0.05) is 18.3 Å². The van der Waals surface area contributed by atoms with Gasteiger partial charge in [-0.25, -0.2) is 9.69 Å². The summed E-state index contributed by atoms with van der Waals surface area (Å²) in [6.07, 6.45) is 3.65. The van der Waals surface area contributed by atoms with Crippen molar-refractivity contribution in [3.8, 4) is 0 Å². The number of halogens is 2. The number of amides is 4. The minimum atomic E-state index is -0.880. The van der Waals surface area contributed by atoms with Gasteiger partial charge in [-0.2, -0.15) is 0 Å². The highest BCUT2D eigenvalue weighted by atomic mass is 35.5. The van der Waals surface area contributed by atoms with Gasteiger partial charge in [-0.1, -0.05) is 41.4 Å². The Morgan fingerprint density at radius 1 is 1.03 bits per heavy atom. The zero-order valence-electron chi connectivity index (χ0n) is 18.0. The molecule has 1 fully saturated rings. The number of likely N-dealkylation sites (N-methyl/N-ethyl adjacent to an activating group) is 1. The molecule has 0 unspecified atom stereocenters. The second kappa shape index (κ2) is 7.80. The molecule has 0 saturated carbocycles. The van der Waals surface area contributed by atoms with Crippen LogP contribution in [0.15, 0.2) is 48.0 Å². The Morgan fingerprint density at radius 2 is 1.75 bits per heavy atom. The van der Waals surface area contributed by atoms with Gasteiger partial charge in [0.25, 0.3) is 11.8 Å². The van der Waals surface area contributed by atoms with Crippen LogP contribution in [0.4, 0.5) is 16.2 Å². The number of carbonyl (C=O) groups excluding carboxylic acids is 3. The molecule has 2 aromatic carbocycles. The van der Waals surface area contributed by atoms with Crippen LogP contribution in [0.5, 0.6) is 0 Å². The van der Waals surface area contributed by atoms with E-state index in [4.69, 9.17) is 23.2 Å². The first-order chi connectivity index (χ1) is 15.0. The molecule has 6 nitrogen and oxygen atoms in total. The summed E-state index contributed by atoms with van der Waals surface area (Å²) in [5, 5.41) is 2.44. The zero-order chi connectivity index (χ0) is 23.4. The average Bonchev–Trinajstić information content (AvgIpc) is 2.72. The number of nitrogens with zero attached hydrogens (tertiary/aromatic N) is 2. The lowest BCUT2D eigenvalue weighted by atomic mass is 9.88. The number of anilines is 2. The van der Waals surface area contributed by atoms with Gasteiger partial charge in [-0.3, -0.25) is 14.9 Å². The van der Waals surface area contributed by atoms with E-state index in [2.05, 4.69) is 30.1 Å². The number of rotatable bonds is 2. The van der Waals surface area contributed by atoms with E-state index in [0.717, 1.165) is 21.7 Å². The number of hydrogen-bond donors (Lipinski definition) is 1. The summed E-state index contributed by atoms with van der Waals surface area (Å²) in [6, 6.07) is 9.45. The molecule has 1 N–H and O–H groups in total. The molecule has 164 valence electrons. The van der Waals surface area contributed by atoms with Crippen molar-refractivity contribution in [1.29, 1.82) is 0 Å². The van der Waals surface area contributed by atoms with Crippen molar-refractivity contribution in [2.75, 3.05) is 16.8 Å². The molecular weight excluding hydrogens is 449 g/mol. The van der Waals surface area contributed by atoms with Crippen LogP contribution in [0.3, 0.4) is 0 Å². The molecule has 32 heavy (non-hydrogen) atoms. The molecule has 4 amide bonds. The SMILES string of the molecule is CC1=CC(C)(C)N(C)c2ccc(/C=C3\C(=O)NC(=O)N(c4cccc(Cl)c4Cl)C3=O)cc21. The van der Waals surface area contributed by atoms with E-state index >= 15 is 0 Å². The number of urea groups is 1. The quantitative estimate of drug-likeness (QED) is 0.478. The van der Waals surface area contributed by atoms with Crippen LogP contribution in [0.25, 0.3) is 11.6 Å². The predicted molar refractivity (Wildman–Crippen MR) is 128 cm³/mol. The minimum Gasteiger partial charge on any atom is -0.366 e. The van der Waals surface area contributed by atoms with Crippen molar-refractivity contribution in [1.82, 2.24) is 5.32 Å². The number of benzene rings is 2. The third-order valence-corrected chi connectivity index (χ3v) is 6.63. The Morgan fingerprint density at radius 3 is 2.47 bits per heavy atom. The largest absolute Gasteiger partial charge is 0.366 e. The lowest BCUT2D eigenvalue weighted by molar-refractivity contribution is -0.122. The van der Waals surface area contributed by atoms with E-state index in [0.29, 0.717) is 5.56 Å². The molecule has 2 aromatic rings. The lowest BCUT2D eigenvalue weighted by Gasteiger charge is -2.40. The number of hydrogen-bond acceptors (Lipinski definition) is 4. The van der Waals surface area contributed by atoms with Gasteiger partial charge in [0.2, 0.25) is 0 Å². The summed E-state index contributed by atoms with van der Waals surface area (Å²) in [4.78, 5) is 41.1. The molecule has 0 aromatic heterocycles. The predicted octanol–water partition coefficient (Wildman–Crippen LogP) is 5.29. The first-order valence-electron chi connectivity index (χ1n) is 9.94. The van der Waals surface area contributed by atoms with Crippen LogP contribution in [0.1, 0.15) is 31.9 Å². The van der Waals surface area contributed by atoms with Crippen LogP contribution in [-0.2, 0) is 9.59 Å². The van der Waals surface area contributed by atoms with Crippen LogP contribution >= 0.6 is 23.2 Å². The van der Waals surface area contributed by atoms with Crippen LogP contribution in [0.2, 0.25) is 10.0 Å². The lowest BCUT2D eigenvalue weighted by Crippen LogP contribution is -2.54. The van der Waals surface area contributed by atoms with Gasteiger partial charge in [-0.05, 0) is 62.2 Å². The maximum Gasteiger partial charge on any atom is 0.336 e. The van der Waals surface area contributed by atoms with Crippen molar-refractivity contribution in [3.05, 3.63) is 69.2 Å². The highest BCUT2D eigenvalue weighted by molar-refractivity contribution is 6.46.